The van der Waals surface area contributed by atoms with Gasteiger partial charge in [0.2, 0.25) is 5.91 Å². The SMILES string of the molecule is CCC(C)C(NC(=O)c1cnn(-c2ccccc2)n1)C(N)=O. The molecule has 7 heteroatoms. The normalized spacial score (nSPS) is 13.4. The van der Waals surface area contributed by atoms with Crippen molar-refractivity contribution in [1.82, 2.24) is 20.3 Å². The van der Waals surface area contributed by atoms with Crippen LogP contribution in [0.1, 0.15) is 30.8 Å². The molecule has 0 aliphatic rings. The van der Waals surface area contributed by atoms with E-state index in [0.717, 1.165) is 12.1 Å². The summed E-state index contributed by atoms with van der Waals surface area (Å²) in [5.74, 6) is -1.07. The highest BCUT2D eigenvalue weighted by molar-refractivity contribution is 5.95. The third-order valence-electron chi connectivity index (χ3n) is 3.52. The van der Waals surface area contributed by atoms with Crippen molar-refractivity contribution < 1.29 is 9.59 Å². The van der Waals surface area contributed by atoms with Gasteiger partial charge in [0, 0.05) is 0 Å². The lowest BCUT2D eigenvalue weighted by Crippen LogP contribution is -2.48. The van der Waals surface area contributed by atoms with Gasteiger partial charge in [-0.2, -0.15) is 9.90 Å². The number of benzene rings is 1. The number of nitrogens with zero attached hydrogens (tertiary/aromatic N) is 3. The summed E-state index contributed by atoms with van der Waals surface area (Å²) in [7, 11) is 0. The van der Waals surface area contributed by atoms with Gasteiger partial charge in [-0.25, -0.2) is 0 Å². The fraction of sp³-hybridized carbons (Fsp3) is 0.333. The van der Waals surface area contributed by atoms with E-state index in [1.165, 1.54) is 11.0 Å². The van der Waals surface area contributed by atoms with Gasteiger partial charge in [0.05, 0.1) is 11.9 Å². The average Bonchev–Trinajstić information content (AvgIpc) is 3.02. The second-order valence-corrected chi connectivity index (χ2v) is 5.09. The van der Waals surface area contributed by atoms with E-state index >= 15 is 0 Å². The molecule has 0 spiro atoms. The van der Waals surface area contributed by atoms with E-state index in [1.54, 1.807) is 0 Å². The minimum absolute atomic E-state index is 0.0504. The number of carbonyl (C=O) groups excluding carboxylic acids is 2. The Morgan fingerprint density at radius 3 is 2.59 bits per heavy atom. The molecule has 3 N–H and O–H groups in total. The molecular formula is C15H19N5O2. The molecule has 2 rings (SSSR count). The summed E-state index contributed by atoms with van der Waals surface area (Å²) in [4.78, 5) is 25.0. The standard InChI is InChI=1S/C15H19N5O2/c1-3-10(2)13(14(16)21)18-15(22)12-9-17-20(19-12)11-7-5-4-6-8-11/h4-10,13H,3H2,1-2H3,(H2,16,21)(H,18,22). The third-order valence-corrected chi connectivity index (χ3v) is 3.52. The molecule has 0 aliphatic carbocycles. The van der Waals surface area contributed by atoms with Gasteiger partial charge in [-0.15, -0.1) is 5.10 Å². The molecule has 0 radical (unpaired) electrons. The van der Waals surface area contributed by atoms with E-state index in [9.17, 15) is 9.59 Å². The summed E-state index contributed by atoms with van der Waals surface area (Å²) >= 11 is 0. The Bertz CT molecular complexity index is 653. The van der Waals surface area contributed by atoms with Crippen LogP contribution < -0.4 is 11.1 Å². The molecule has 1 heterocycles. The maximum atomic E-state index is 12.2. The highest BCUT2D eigenvalue weighted by atomic mass is 16.2. The highest BCUT2D eigenvalue weighted by Gasteiger charge is 2.25. The van der Waals surface area contributed by atoms with Crippen LogP contribution >= 0.6 is 0 Å². The van der Waals surface area contributed by atoms with Crippen LogP contribution in [-0.4, -0.2) is 32.9 Å². The minimum atomic E-state index is -0.723. The fourth-order valence-corrected chi connectivity index (χ4v) is 2.00. The number of amides is 2. The van der Waals surface area contributed by atoms with Gasteiger partial charge in [0.15, 0.2) is 5.69 Å². The number of rotatable bonds is 6. The van der Waals surface area contributed by atoms with E-state index in [-0.39, 0.29) is 11.6 Å². The quantitative estimate of drug-likeness (QED) is 0.827. The van der Waals surface area contributed by atoms with E-state index in [2.05, 4.69) is 15.5 Å². The zero-order chi connectivity index (χ0) is 16.1. The first-order valence-electron chi connectivity index (χ1n) is 7.11. The summed E-state index contributed by atoms with van der Waals surface area (Å²) in [6.45, 7) is 3.79. The van der Waals surface area contributed by atoms with Crippen LogP contribution in [0.25, 0.3) is 5.69 Å². The van der Waals surface area contributed by atoms with Crippen molar-refractivity contribution in [3.63, 3.8) is 0 Å². The van der Waals surface area contributed by atoms with E-state index in [4.69, 9.17) is 5.73 Å². The van der Waals surface area contributed by atoms with Crippen LogP contribution in [0.3, 0.4) is 0 Å². The van der Waals surface area contributed by atoms with Crippen molar-refractivity contribution in [2.75, 3.05) is 0 Å². The zero-order valence-corrected chi connectivity index (χ0v) is 12.6. The molecule has 2 amide bonds. The van der Waals surface area contributed by atoms with Crippen LogP contribution in [-0.2, 0) is 4.79 Å². The Balaban J connectivity index is 2.13. The number of nitrogens with two attached hydrogens (primary N) is 1. The number of nitrogens with one attached hydrogen (secondary N) is 1. The first-order valence-corrected chi connectivity index (χ1v) is 7.11. The molecule has 0 bridgehead atoms. The smallest absolute Gasteiger partial charge is 0.274 e. The fourth-order valence-electron chi connectivity index (χ4n) is 2.00. The molecule has 7 nitrogen and oxygen atoms in total. The average molecular weight is 301 g/mol. The molecule has 1 aromatic carbocycles. The van der Waals surface area contributed by atoms with Gasteiger partial charge in [-0.3, -0.25) is 9.59 Å². The molecule has 0 saturated heterocycles. The largest absolute Gasteiger partial charge is 0.368 e. The van der Waals surface area contributed by atoms with Crippen molar-refractivity contribution >= 4 is 11.8 Å². The molecular weight excluding hydrogens is 282 g/mol. The van der Waals surface area contributed by atoms with E-state index < -0.39 is 17.9 Å². The van der Waals surface area contributed by atoms with Crippen LogP contribution in [0.4, 0.5) is 0 Å². The maximum Gasteiger partial charge on any atom is 0.274 e. The summed E-state index contributed by atoms with van der Waals surface area (Å²) in [5, 5.41) is 10.8. The van der Waals surface area contributed by atoms with Gasteiger partial charge >= 0.3 is 0 Å². The lowest BCUT2D eigenvalue weighted by atomic mass is 9.98. The van der Waals surface area contributed by atoms with Crippen LogP contribution in [0.2, 0.25) is 0 Å². The van der Waals surface area contributed by atoms with Crippen LogP contribution in [0.15, 0.2) is 36.5 Å². The second kappa shape index (κ2) is 6.84. The third kappa shape index (κ3) is 3.49. The topological polar surface area (TPSA) is 103 Å². The number of hydrogen-bond donors (Lipinski definition) is 2. The Hall–Kier alpha value is -2.70. The molecule has 0 fully saturated rings. The number of primary amides is 1. The summed E-state index contributed by atoms with van der Waals surface area (Å²) < 4.78 is 0. The van der Waals surface area contributed by atoms with E-state index in [1.807, 2.05) is 44.2 Å². The Morgan fingerprint density at radius 1 is 1.32 bits per heavy atom. The summed E-state index contributed by atoms with van der Waals surface area (Å²) in [6.07, 6.45) is 2.08. The number of aromatic nitrogens is 3. The van der Waals surface area contributed by atoms with Crippen LogP contribution in [0.5, 0.6) is 0 Å². The monoisotopic (exact) mass is 301 g/mol. The molecule has 1 aromatic heterocycles. The first kappa shape index (κ1) is 15.7. The molecule has 0 saturated carbocycles. The Kier molecular flexibility index (Phi) is 4.88. The summed E-state index contributed by atoms with van der Waals surface area (Å²) in [5.41, 5.74) is 6.22. The van der Waals surface area contributed by atoms with Gasteiger partial charge in [-0.05, 0) is 18.1 Å². The number of hydrogen-bond acceptors (Lipinski definition) is 4. The Morgan fingerprint density at radius 2 is 2.00 bits per heavy atom. The molecule has 22 heavy (non-hydrogen) atoms. The highest BCUT2D eigenvalue weighted by Crippen LogP contribution is 2.09. The predicted molar refractivity (Wildman–Crippen MR) is 81.3 cm³/mol. The molecule has 2 unspecified atom stereocenters. The zero-order valence-electron chi connectivity index (χ0n) is 12.6. The molecule has 2 aromatic rings. The number of carbonyl (C=O) groups is 2. The molecule has 116 valence electrons. The molecule has 2 atom stereocenters. The van der Waals surface area contributed by atoms with Crippen molar-refractivity contribution in [3.05, 3.63) is 42.2 Å². The Labute approximate surface area is 128 Å². The van der Waals surface area contributed by atoms with E-state index in [0.29, 0.717) is 0 Å². The predicted octanol–water partition coefficient (Wildman–Crippen LogP) is 0.897. The number of para-hydroxylation sites is 1. The maximum absolute atomic E-state index is 12.2. The second-order valence-electron chi connectivity index (χ2n) is 5.09. The van der Waals surface area contributed by atoms with Gasteiger partial charge in [0.1, 0.15) is 6.04 Å². The van der Waals surface area contributed by atoms with Gasteiger partial charge < -0.3 is 11.1 Å². The lowest BCUT2D eigenvalue weighted by molar-refractivity contribution is -0.120. The van der Waals surface area contributed by atoms with Crippen molar-refractivity contribution in [2.24, 2.45) is 11.7 Å². The lowest BCUT2D eigenvalue weighted by Gasteiger charge is -2.20. The summed E-state index contributed by atoms with van der Waals surface area (Å²) in [6, 6.07) is 8.51. The van der Waals surface area contributed by atoms with Crippen LogP contribution in [0, 0.1) is 5.92 Å². The van der Waals surface area contributed by atoms with Gasteiger partial charge in [0.25, 0.3) is 5.91 Å². The van der Waals surface area contributed by atoms with Crippen molar-refractivity contribution in [1.29, 1.82) is 0 Å². The molecule has 0 aliphatic heterocycles. The van der Waals surface area contributed by atoms with Crippen molar-refractivity contribution in [2.45, 2.75) is 26.3 Å². The van der Waals surface area contributed by atoms with Crippen molar-refractivity contribution in [3.8, 4) is 5.69 Å². The minimum Gasteiger partial charge on any atom is -0.368 e. The first-order chi connectivity index (χ1) is 10.5. The van der Waals surface area contributed by atoms with Gasteiger partial charge in [-0.1, -0.05) is 38.5 Å².